The highest BCUT2D eigenvalue weighted by Crippen LogP contribution is 2.36. The molecular weight excluding hydrogens is 420 g/mol. The lowest BCUT2D eigenvalue weighted by Gasteiger charge is -2.15. The summed E-state index contributed by atoms with van der Waals surface area (Å²) < 4.78 is 16.2. The average Bonchev–Trinajstić information content (AvgIpc) is 3.09. The first kappa shape index (κ1) is 22.0. The van der Waals surface area contributed by atoms with E-state index in [-0.39, 0.29) is 11.3 Å². The molecule has 0 unspecified atom stereocenters. The Labute approximate surface area is 192 Å². The van der Waals surface area contributed by atoms with Gasteiger partial charge in [0.1, 0.15) is 11.4 Å². The van der Waals surface area contributed by atoms with Crippen molar-refractivity contribution in [1.29, 1.82) is 0 Å². The number of benzene rings is 3. The largest absolute Gasteiger partial charge is 0.494 e. The fourth-order valence-corrected chi connectivity index (χ4v) is 3.67. The Morgan fingerprint density at radius 1 is 0.818 bits per heavy atom. The van der Waals surface area contributed by atoms with Gasteiger partial charge < -0.3 is 19.5 Å². The Morgan fingerprint density at radius 2 is 1.52 bits per heavy atom. The van der Waals surface area contributed by atoms with Gasteiger partial charge in [0.2, 0.25) is 0 Å². The third-order valence-corrected chi connectivity index (χ3v) is 5.21. The molecule has 3 aromatic carbocycles. The molecule has 0 spiro atoms. The van der Waals surface area contributed by atoms with Crippen molar-refractivity contribution in [3.05, 3.63) is 84.1 Å². The van der Waals surface area contributed by atoms with Crippen LogP contribution in [0.15, 0.2) is 78.5 Å². The first-order valence-corrected chi connectivity index (χ1v) is 10.5. The van der Waals surface area contributed by atoms with E-state index in [0.717, 1.165) is 0 Å². The van der Waals surface area contributed by atoms with E-state index in [9.17, 15) is 9.59 Å². The number of amides is 2. The van der Waals surface area contributed by atoms with E-state index in [1.165, 1.54) is 12.0 Å². The number of ether oxygens (including phenoxy) is 3. The van der Waals surface area contributed by atoms with Crippen LogP contribution in [0.25, 0.3) is 5.57 Å². The monoisotopic (exact) mass is 444 g/mol. The lowest BCUT2D eigenvalue weighted by molar-refractivity contribution is -0.120. The first-order chi connectivity index (χ1) is 16.1. The van der Waals surface area contributed by atoms with Crippen LogP contribution in [-0.2, 0) is 9.59 Å². The van der Waals surface area contributed by atoms with Gasteiger partial charge in [0.05, 0.1) is 32.1 Å². The van der Waals surface area contributed by atoms with Crippen LogP contribution in [-0.4, -0.2) is 32.6 Å². The molecule has 1 N–H and O–H groups in total. The molecule has 0 saturated carbocycles. The molecule has 1 aliphatic heterocycles. The number of imide groups is 1. The van der Waals surface area contributed by atoms with Crippen LogP contribution >= 0.6 is 0 Å². The van der Waals surface area contributed by atoms with Crippen LogP contribution in [0.1, 0.15) is 12.5 Å². The average molecular weight is 444 g/mol. The number of carbonyl (C=O) groups excluding carboxylic acids is 2. The van der Waals surface area contributed by atoms with E-state index < -0.39 is 11.8 Å². The van der Waals surface area contributed by atoms with Crippen LogP contribution in [0, 0.1) is 0 Å². The number of hydrogen-bond acceptors (Lipinski definition) is 6. The van der Waals surface area contributed by atoms with Crippen molar-refractivity contribution < 1.29 is 23.8 Å². The smallest absolute Gasteiger partial charge is 0.282 e. The SMILES string of the molecule is CCOc1ccc(C2=C(Nc3ccc(OC)c(OC)c3)C(=O)N(c3ccccc3)C2=O)cc1. The van der Waals surface area contributed by atoms with Gasteiger partial charge in [-0.3, -0.25) is 9.59 Å². The molecule has 0 saturated heterocycles. The molecule has 1 heterocycles. The molecule has 7 heteroatoms. The molecule has 33 heavy (non-hydrogen) atoms. The van der Waals surface area contributed by atoms with E-state index in [1.54, 1.807) is 73.8 Å². The van der Waals surface area contributed by atoms with Gasteiger partial charge in [0.15, 0.2) is 11.5 Å². The zero-order chi connectivity index (χ0) is 23.4. The summed E-state index contributed by atoms with van der Waals surface area (Å²) in [4.78, 5) is 28.1. The summed E-state index contributed by atoms with van der Waals surface area (Å²) in [6.45, 7) is 2.44. The molecule has 1 aliphatic rings. The fraction of sp³-hybridized carbons (Fsp3) is 0.154. The molecule has 0 atom stereocenters. The first-order valence-electron chi connectivity index (χ1n) is 10.5. The zero-order valence-electron chi connectivity index (χ0n) is 18.6. The van der Waals surface area contributed by atoms with Gasteiger partial charge in [-0.1, -0.05) is 30.3 Å². The highest BCUT2D eigenvalue weighted by Gasteiger charge is 2.40. The van der Waals surface area contributed by atoms with Crippen LogP contribution < -0.4 is 24.4 Å². The fourth-order valence-electron chi connectivity index (χ4n) is 3.67. The molecule has 0 radical (unpaired) electrons. The van der Waals surface area contributed by atoms with Crippen LogP contribution in [0.5, 0.6) is 17.2 Å². The van der Waals surface area contributed by atoms with Crippen molar-refractivity contribution in [3.8, 4) is 17.2 Å². The second-order valence-electron chi connectivity index (χ2n) is 7.18. The van der Waals surface area contributed by atoms with Gasteiger partial charge in [-0.25, -0.2) is 4.90 Å². The highest BCUT2D eigenvalue weighted by atomic mass is 16.5. The van der Waals surface area contributed by atoms with Gasteiger partial charge in [-0.2, -0.15) is 0 Å². The van der Waals surface area contributed by atoms with Gasteiger partial charge in [-0.05, 0) is 48.9 Å². The summed E-state index contributed by atoms with van der Waals surface area (Å²) in [7, 11) is 3.09. The standard InChI is InChI=1S/C26H24N2O5/c1-4-33-20-13-10-17(11-14-20)23-24(27-18-12-15-21(31-2)22(16-18)32-3)26(30)28(25(23)29)19-8-6-5-7-9-19/h5-16,27H,4H2,1-3H3. The maximum absolute atomic E-state index is 13.5. The number of carbonyl (C=O) groups is 2. The topological polar surface area (TPSA) is 77.1 Å². The number of nitrogens with one attached hydrogen (secondary N) is 1. The molecule has 7 nitrogen and oxygen atoms in total. The summed E-state index contributed by atoms with van der Waals surface area (Å²) in [6.07, 6.45) is 0. The number of para-hydroxylation sites is 1. The maximum atomic E-state index is 13.5. The van der Waals surface area contributed by atoms with Crippen LogP contribution in [0.2, 0.25) is 0 Å². The minimum Gasteiger partial charge on any atom is -0.494 e. The van der Waals surface area contributed by atoms with Crippen molar-refractivity contribution in [2.24, 2.45) is 0 Å². The van der Waals surface area contributed by atoms with E-state index in [4.69, 9.17) is 14.2 Å². The van der Waals surface area contributed by atoms with Gasteiger partial charge in [0.25, 0.3) is 11.8 Å². The van der Waals surface area contributed by atoms with E-state index >= 15 is 0 Å². The van der Waals surface area contributed by atoms with Crippen molar-refractivity contribution in [1.82, 2.24) is 0 Å². The van der Waals surface area contributed by atoms with Gasteiger partial charge >= 0.3 is 0 Å². The van der Waals surface area contributed by atoms with Crippen LogP contribution in [0.4, 0.5) is 11.4 Å². The van der Waals surface area contributed by atoms with Crippen LogP contribution in [0.3, 0.4) is 0 Å². The Kier molecular flexibility index (Phi) is 6.31. The van der Waals surface area contributed by atoms with E-state index in [2.05, 4.69) is 5.32 Å². The quantitative estimate of drug-likeness (QED) is 0.516. The molecule has 0 aliphatic carbocycles. The molecule has 4 rings (SSSR count). The molecule has 0 fully saturated rings. The van der Waals surface area contributed by atoms with E-state index in [0.29, 0.717) is 40.8 Å². The Hall–Kier alpha value is -4.26. The van der Waals surface area contributed by atoms with Crippen molar-refractivity contribution in [3.63, 3.8) is 0 Å². The molecular formula is C26H24N2O5. The minimum absolute atomic E-state index is 0.181. The lowest BCUT2D eigenvalue weighted by atomic mass is 10.0. The number of nitrogens with zero attached hydrogens (tertiary/aromatic N) is 1. The third kappa shape index (κ3) is 4.25. The second kappa shape index (κ2) is 9.48. The second-order valence-corrected chi connectivity index (χ2v) is 7.18. The number of anilines is 2. The normalized spacial score (nSPS) is 13.4. The Balaban J connectivity index is 1.79. The third-order valence-electron chi connectivity index (χ3n) is 5.21. The molecule has 2 amide bonds. The summed E-state index contributed by atoms with van der Waals surface area (Å²) in [6, 6.07) is 21.2. The molecule has 168 valence electrons. The van der Waals surface area contributed by atoms with E-state index in [1.807, 2.05) is 13.0 Å². The van der Waals surface area contributed by atoms with Gasteiger partial charge in [0, 0.05) is 11.8 Å². The molecule has 3 aromatic rings. The summed E-state index contributed by atoms with van der Waals surface area (Å²) in [5.41, 5.74) is 2.15. The predicted molar refractivity (Wildman–Crippen MR) is 127 cm³/mol. The maximum Gasteiger partial charge on any atom is 0.282 e. The summed E-state index contributed by atoms with van der Waals surface area (Å²) >= 11 is 0. The predicted octanol–water partition coefficient (Wildman–Crippen LogP) is 4.50. The van der Waals surface area contributed by atoms with Crippen molar-refractivity contribution in [2.75, 3.05) is 31.0 Å². The number of rotatable bonds is 8. The highest BCUT2D eigenvalue weighted by molar-refractivity contribution is 6.46. The Bertz CT molecular complexity index is 1200. The number of hydrogen-bond donors (Lipinski definition) is 1. The van der Waals surface area contributed by atoms with Crippen molar-refractivity contribution >= 4 is 28.8 Å². The van der Waals surface area contributed by atoms with Gasteiger partial charge in [-0.15, -0.1) is 0 Å². The zero-order valence-corrected chi connectivity index (χ0v) is 18.6. The number of methoxy groups -OCH3 is 2. The summed E-state index contributed by atoms with van der Waals surface area (Å²) in [5, 5.41) is 3.14. The molecule has 0 aromatic heterocycles. The Morgan fingerprint density at radius 3 is 2.15 bits per heavy atom. The lowest BCUT2D eigenvalue weighted by Crippen LogP contribution is -2.32. The minimum atomic E-state index is -0.440. The van der Waals surface area contributed by atoms with Crippen molar-refractivity contribution in [2.45, 2.75) is 6.92 Å². The summed E-state index contributed by atoms with van der Waals surface area (Å²) in [5.74, 6) is 0.905. The molecule has 0 bridgehead atoms.